The van der Waals surface area contributed by atoms with Gasteiger partial charge in [0.1, 0.15) is 12.0 Å². The summed E-state index contributed by atoms with van der Waals surface area (Å²) in [5.41, 5.74) is 0.719. The second-order valence-electron chi connectivity index (χ2n) is 5.25. The third kappa shape index (κ3) is 2.99. The van der Waals surface area contributed by atoms with Gasteiger partial charge in [-0.05, 0) is 41.4 Å². The lowest BCUT2D eigenvalue weighted by molar-refractivity contribution is -0.151. The minimum atomic E-state index is -1.09. The molecule has 1 N–H and O–H groups in total. The Morgan fingerprint density at radius 1 is 1.41 bits per heavy atom. The average Bonchev–Trinajstić information content (AvgIpc) is 2.87. The second kappa shape index (κ2) is 6.48. The van der Waals surface area contributed by atoms with Gasteiger partial charge in [0.2, 0.25) is 11.8 Å². The van der Waals surface area contributed by atoms with Crippen LogP contribution in [0.15, 0.2) is 28.7 Å². The number of likely N-dealkylation sites (N-methyl/N-ethyl adjacent to an activating group) is 1. The molecule has 2 rings (SSSR count). The molecule has 118 valence electrons. The zero-order valence-corrected chi connectivity index (χ0v) is 13.9. The van der Waals surface area contributed by atoms with Crippen LogP contribution in [0, 0.1) is 5.92 Å². The number of rotatable bonds is 4. The monoisotopic (exact) mass is 368 g/mol. The molecule has 7 heteroatoms. The van der Waals surface area contributed by atoms with Crippen LogP contribution in [0.4, 0.5) is 5.69 Å². The van der Waals surface area contributed by atoms with E-state index < -0.39 is 23.8 Å². The summed E-state index contributed by atoms with van der Waals surface area (Å²) >= 11 is 3.40. The SMILES string of the molecule is CC(C(=O)O)N(C)C(=O)C1CCN(c2ccccc2Br)C1=O. The summed E-state index contributed by atoms with van der Waals surface area (Å²) in [6.45, 7) is 1.86. The van der Waals surface area contributed by atoms with Crippen LogP contribution in [0.1, 0.15) is 13.3 Å². The maximum Gasteiger partial charge on any atom is 0.326 e. The Balaban J connectivity index is 2.16. The van der Waals surface area contributed by atoms with Crippen molar-refractivity contribution >= 4 is 39.4 Å². The van der Waals surface area contributed by atoms with E-state index in [-0.39, 0.29) is 5.91 Å². The van der Waals surface area contributed by atoms with Gasteiger partial charge in [-0.1, -0.05) is 12.1 Å². The van der Waals surface area contributed by atoms with E-state index >= 15 is 0 Å². The van der Waals surface area contributed by atoms with E-state index in [9.17, 15) is 14.4 Å². The topological polar surface area (TPSA) is 77.9 Å². The third-order valence-electron chi connectivity index (χ3n) is 3.93. The first-order chi connectivity index (χ1) is 10.3. The van der Waals surface area contributed by atoms with Crippen LogP contribution < -0.4 is 4.90 Å². The molecule has 0 aromatic heterocycles. The van der Waals surface area contributed by atoms with Gasteiger partial charge in [0.15, 0.2) is 0 Å². The number of carbonyl (C=O) groups is 3. The Hall–Kier alpha value is -1.89. The molecule has 1 fully saturated rings. The van der Waals surface area contributed by atoms with E-state index in [1.807, 2.05) is 18.2 Å². The van der Waals surface area contributed by atoms with E-state index in [1.54, 1.807) is 11.0 Å². The van der Waals surface area contributed by atoms with Crippen molar-refractivity contribution in [3.63, 3.8) is 0 Å². The number of benzene rings is 1. The van der Waals surface area contributed by atoms with Gasteiger partial charge in [-0.15, -0.1) is 0 Å². The zero-order valence-electron chi connectivity index (χ0n) is 12.3. The molecule has 0 spiro atoms. The lowest BCUT2D eigenvalue weighted by Gasteiger charge is -2.24. The molecule has 22 heavy (non-hydrogen) atoms. The fraction of sp³-hybridized carbons (Fsp3) is 0.400. The molecular weight excluding hydrogens is 352 g/mol. The predicted molar refractivity (Wildman–Crippen MR) is 84.5 cm³/mol. The van der Waals surface area contributed by atoms with E-state index in [0.717, 1.165) is 15.1 Å². The number of carboxylic acid groups (broad SMARTS) is 1. The highest BCUT2D eigenvalue weighted by Gasteiger charge is 2.40. The lowest BCUT2D eigenvalue weighted by Crippen LogP contribution is -2.45. The summed E-state index contributed by atoms with van der Waals surface area (Å²) in [5.74, 6) is -2.65. The van der Waals surface area contributed by atoms with Crippen molar-refractivity contribution in [2.24, 2.45) is 5.92 Å². The molecule has 2 amide bonds. The molecular formula is C15H17BrN2O4. The number of para-hydroxylation sites is 1. The first-order valence-corrected chi connectivity index (χ1v) is 7.69. The van der Waals surface area contributed by atoms with Gasteiger partial charge in [-0.2, -0.15) is 0 Å². The summed E-state index contributed by atoms with van der Waals surface area (Å²) in [4.78, 5) is 38.5. The van der Waals surface area contributed by atoms with E-state index in [2.05, 4.69) is 15.9 Å². The van der Waals surface area contributed by atoms with Gasteiger partial charge in [0, 0.05) is 18.1 Å². The van der Waals surface area contributed by atoms with Crippen molar-refractivity contribution in [3.8, 4) is 0 Å². The maximum absolute atomic E-state index is 12.5. The molecule has 1 heterocycles. The van der Waals surface area contributed by atoms with Crippen molar-refractivity contribution in [3.05, 3.63) is 28.7 Å². The number of carboxylic acids is 1. The largest absolute Gasteiger partial charge is 0.480 e. The van der Waals surface area contributed by atoms with Gasteiger partial charge in [0.05, 0.1) is 5.69 Å². The molecule has 1 aromatic carbocycles. The van der Waals surface area contributed by atoms with Crippen molar-refractivity contribution in [1.29, 1.82) is 0 Å². The third-order valence-corrected chi connectivity index (χ3v) is 4.60. The molecule has 2 unspecified atom stereocenters. The number of aliphatic carboxylic acids is 1. The van der Waals surface area contributed by atoms with Crippen molar-refractivity contribution < 1.29 is 19.5 Å². The lowest BCUT2D eigenvalue weighted by atomic mass is 10.1. The van der Waals surface area contributed by atoms with Crippen molar-refractivity contribution in [2.75, 3.05) is 18.5 Å². The predicted octanol–water partition coefficient (Wildman–Crippen LogP) is 1.73. The number of hydrogen-bond donors (Lipinski definition) is 1. The Morgan fingerprint density at radius 2 is 2.05 bits per heavy atom. The van der Waals surface area contributed by atoms with Crippen LogP contribution >= 0.6 is 15.9 Å². The number of amides is 2. The molecule has 6 nitrogen and oxygen atoms in total. The standard InChI is InChI=1S/C15H17BrN2O4/c1-9(15(21)22)17(2)13(19)10-7-8-18(14(10)20)12-6-4-3-5-11(12)16/h3-6,9-10H,7-8H2,1-2H3,(H,21,22). The number of carbonyl (C=O) groups excluding carboxylic acids is 2. The van der Waals surface area contributed by atoms with E-state index in [1.165, 1.54) is 14.0 Å². The van der Waals surface area contributed by atoms with Crippen LogP contribution in [0.2, 0.25) is 0 Å². The molecule has 0 aliphatic carbocycles. The zero-order chi connectivity index (χ0) is 16.4. The number of hydrogen-bond acceptors (Lipinski definition) is 3. The van der Waals surface area contributed by atoms with Crippen LogP contribution in [0.25, 0.3) is 0 Å². The van der Waals surface area contributed by atoms with Crippen molar-refractivity contribution in [2.45, 2.75) is 19.4 Å². The molecule has 1 aliphatic rings. The Kier molecular flexibility index (Phi) is 4.85. The number of halogens is 1. The first-order valence-electron chi connectivity index (χ1n) is 6.90. The van der Waals surface area contributed by atoms with Gasteiger partial charge < -0.3 is 14.9 Å². The molecule has 2 atom stereocenters. The van der Waals surface area contributed by atoms with Crippen molar-refractivity contribution in [1.82, 2.24) is 4.90 Å². The van der Waals surface area contributed by atoms with Gasteiger partial charge in [-0.3, -0.25) is 9.59 Å². The quantitative estimate of drug-likeness (QED) is 0.821. The fourth-order valence-corrected chi connectivity index (χ4v) is 2.92. The fourth-order valence-electron chi connectivity index (χ4n) is 2.42. The maximum atomic E-state index is 12.5. The van der Waals surface area contributed by atoms with Crippen LogP contribution in [0.3, 0.4) is 0 Å². The molecule has 1 saturated heterocycles. The number of nitrogens with zero attached hydrogens (tertiary/aromatic N) is 2. The van der Waals surface area contributed by atoms with E-state index in [4.69, 9.17) is 5.11 Å². The summed E-state index contributed by atoms with van der Waals surface area (Å²) < 4.78 is 0.781. The van der Waals surface area contributed by atoms with Crippen LogP contribution in [-0.2, 0) is 14.4 Å². The summed E-state index contributed by atoms with van der Waals surface area (Å²) in [6.07, 6.45) is 0.385. The first kappa shape index (κ1) is 16.5. The highest BCUT2D eigenvalue weighted by Crippen LogP contribution is 2.32. The highest BCUT2D eigenvalue weighted by atomic mass is 79.9. The smallest absolute Gasteiger partial charge is 0.326 e. The Labute approximate surface area is 136 Å². The number of anilines is 1. The van der Waals surface area contributed by atoms with Gasteiger partial charge in [0.25, 0.3) is 0 Å². The second-order valence-corrected chi connectivity index (χ2v) is 6.10. The summed E-state index contributed by atoms with van der Waals surface area (Å²) in [7, 11) is 1.41. The van der Waals surface area contributed by atoms with Crippen LogP contribution in [0.5, 0.6) is 0 Å². The summed E-state index contributed by atoms with van der Waals surface area (Å²) in [5, 5.41) is 8.98. The Bertz CT molecular complexity index is 619. The Morgan fingerprint density at radius 3 is 2.64 bits per heavy atom. The summed E-state index contributed by atoms with van der Waals surface area (Å²) in [6, 6.07) is 6.34. The normalized spacial score (nSPS) is 19.1. The molecule has 1 aromatic rings. The molecule has 0 bridgehead atoms. The van der Waals surface area contributed by atoms with Gasteiger partial charge in [-0.25, -0.2) is 4.79 Å². The minimum absolute atomic E-state index is 0.290. The molecule has 0 saturated carbocycles. The van der Waals surface area contributed by atoms with Crippen LogP contribution in [-0.4, -0.2) is 47.4 Å². The van der Waals surface area contributed by atoms with Gasteiger partial charge >= 0.3 is 5.97 Å². The molecule has 1 aliphatic heterocycles. The van der Waals surface area contributed by atoms with E-state index in [0.29, 0.717) is 13.0 Å². The highest BCUT2D eigenvalue weighted by molar-refractivity contribution is 9.10. The average molecular weight is 369 g/mol. The minimum Gasteiger partial charge on any atom is -0.480 e. The molecule has 0 radical (unpaired) electrons.